The van der Waals surface area contributed by atoms with Gasteiger partial charge in [-0.3, -0.25) is 0 Å². The van der Waals surface area contributed by atoms with Crippen LogP contribution in [0.5, 0.6) is 0 Å². The van der Waals surface area contributed by atoms with Crippen molar-refractivity contribution >= 4 is 134 Å². The fourth-order valence-electron chi connectivity index (χ4n) is 7.73. The van der Waals surface area contributed by atoms with E-state index in [-0.39, 0.29) is 35.5 Å². The number of anilines is 1. The summed E-state index contributed by atoms with van der Waals surface area (Å²) in [4.78, 5) is 5.81. The van der Waals surface area contributed by atoms with Crippen LogP contribution in [0.2, 0.25) is 0 Å². The number of halogens is 3. The van der Waals surface area contributed by atoms with Crippen LogP contribution in [0, 0.1) is 13.8 Å². The van der Waals surface area contributed by atoms with Crippen LogP contribution in [0.1, 0.15) is 57.2 Å². The highest BCUT2D eigenvalue weighted by Gasteiger charge is 2.22. The quantitative estimate of drug-likeness (QED) is 0.0425. The van der Waals surface area contributed by atoms with Gasteiger partial charge in [0.2, 0.25) is 16.6 Å². The van der Waals surface area contributed by atoms with E-state index >= 15 is 0 Å². The van der Waals surface area contributed by atoms with Crippen LogP contribution in [-0.4, -0.2) is 71.4 Å². The predicted molar refractivity (Wildman–Crippen MR) is 329 cm³/mol. The number of alkyl halides is 2. The van der Waals surface area contributed by atoms with Gasteiger partial charge in [0.15, 0.2) is 12.4 Å². The molecule has 8 aromatic rings. The second kappa shape index (κ2) is 34.8. The number of hydrogen-bond donors (Lipinski definition) is 1. The third-order valence-corrected chi connectivity index (χ3v) is 17.7. The van der Waals surface area contributed by atoms with E-state index in [9.17, 15) is 13.0 Å². The molecule has 16 heteroatoms. The van der Waals surface area contributed by atoms with Crippen LogP contribution in [0.3, 0.4) is 0 Å². The maximum Gasteiger partial charge on any atom is 0.297 e. The summed E-state index contributed by atoms with van der Waals surface area (Å²) in [5.74, 6) is 0. The van der Waals surface area contributed by atoms with Crippen LogP contribution in [-0.2, 0) is 30.3 Å². The molecule has 1 aliphatic rings. The van der Waals surface area contributed by atoms with Crippen LogP contribution >= 0.6 is 80.0 Å². The van der Waals surface area contributed by atoms with E-state index in [0.29, 0.717) is 0 Å². The van der Waals surface area contributed by atoms with Crippen molar-refractivity contribution in [2.75, 3.05) is 53.3 Å². The number of para-hydroxylation sites is 4. The number of hydrogen-bond acceptors (Lipinski definition) is 9. The number of aliphatic hydroxyl groups excluding tert-OH is 1. The zero-order chi connectivity index (χ0) is 53.3. The van der Waals surface area contributed by atoms with E-state index in [2.05, 4.69) is 244 Å². The smallest absolute Gasteiger partial charge is 0.297 e. The second-order valence-electron chi connectivity index (χ2n) is 16.7. The highest BCUT2D eigenvalue weighted by molar-refractivity contribution is 14.1. The first-order valence-corrected chi connectivity index (χ1v) is 31.9. The Morgan fingerprint density at radius 3 is 1.73 bits per heavy atom. The van der Waals surface area contributed by atoms with E-state index in [4.69, 9.17) is 5.11 Å². The summed E-state index contributed by atoms with van der Waals surface area (Å²) in [7, 11) is -0.00465. The van der Waals surface area contributed by atoms with E-state index in [0.717, 1.165) is 18.7 Å². The van der Waals surface area contributed by atoms with Crippen molar-refractivity contribution in [1.29, 1.82) is 0 Å². The van der Waals surface area contributed by atoms with Crippen molar-refractivity contribution in [3.8, 4) is 0 Å². The van der Waals surface area contributed by atoms with Gasteiger partial charge in [-0.25, -0.2) is 8.42 Å². The van der Waals surface area contributed by atoms with Crippen molar-refractivity contribution in [2.24, 2.45) is 7.05 Å². The molecule has 0 saturated carbocycles. The molecule has 0 amide bonds. The van der Waals surface area contributed by atoms with Gasteiger partial charge in [0.1, 0.15) is 35.0 Å². The number of aliphatic hydroxyl groups is 1. The second-order valence-corrected chi connectivity index (χ2v) is 23.4. The molecule has 4 heterocycles. The molecule has 0 aliphatic carbocycles. The third kappa shape index (κ3) is 19.8. The molecular weight excluding hydrogens is 1340 g/mol. The van der Waals surface area contributed by atoms with Crippen LogP contribution in [0.15, 0.2) is 165 Å². The van der Waals surface area contributed by atoms with Crippen molar-refractivity contribution in [1.82, 2.24) is 4.90 Å². The van der Waals surface area contributed by atoms with Gasteiger partial charge in [0, 0.05) is 76.0 Å². The summed E-state index contributed by atoms with van der Waals surface area (Å²) in [5.41, 5.74) is 8.84. The molecule has 9 nitrogen and oxygen atoms in total. The van der Waals surface area contributed by atoms with Crippen LogP contribution in [0.25, 0.3) is 38.1 Å². The molecular formula is C58H73I3N5O4S4+. The summed E-state index contributed by atoms with van der Waals surface area (Å²) in [6.45, 7) is 18.2. The molecule has 9 rings (SSSR count). The fraction of sp³-hybridized carbons (Fsp3) is 0.328. The molecule has 0 saturated heterocycles. The summed E-state index contributed by atoms with van der Waals surface area (Å²) >= 11 is 10.4. The Balaban J connectivity index is 0.000000255. The number of fused-ring (bicyclic) bond motifs is 4. The van der Waals surface area contributed by atoms with Gasteiger partial charge in [-0.15, -0.1) is 0 Å². The lowest BCUT2D eigenvalue weighted by molar-refractivity contribution is -0.676. The highest BCUT2D eigenvalue weighted by Crippen LogP contribution is 2.45. The van der Waals surface area contributed by atoms with Crippen molar-refractivity contribution in [2.45, 2.75) is 81.6 Å². The van der Waals surface area contributed by atoms with Gasteiger partial charge >= 0.3 is 0 Å². The van der Waals surface area contributed by atoms with E-state index in [1.165, 1.54) is 117 Å². The molecule has 1 aliphatic heterocycles. The standard InChI is InChI=1S/C21H20IN2S.C13H15IN.C9H10NS2.C7H8O3S.C6H15N.C2H6O.HI/c1-23-19-9-4-5-10-20(19)25-21(23)15-16-11-14-24(13-6-12-22)18-8-3-2-7-17(16)18;1-11-7-10-15(9-4-8-14)13-6-3-2-5-12(11)13;1-10-7-5-3-4-6-8(7)12-9(10)11-2;1-6-2-4-7(5-3-6)11(8,9)10;1-4-7(5-2)6-3;1-2-3;/h2-5,7-11,14-15H,6,12-13H2,1H3;2-3,5-7,10H,4,8-9H2,1H3;3-6H,1-2H3;2-5H,1H3,(H,8,9,10);4-6H2,1-3H3;3H,2H2,1H3;1H/q3*+1;;;;/p-2. The van der Waals surface area contributed by atoms with E-state index in [1.807, 2.05) is 30.0 Å². The molecule has 0 spiro atoms. The molecule has 0 bridgehead atoms. The summed E-state index contributed by atoms with van der Waals surface area (Å²) in [6.07, 6.45) is 11.3. The number of aromatic nitrogens is 3. The molecule has 3 aromatic heterocycles. The Bertz CT molecular complexity index is 3080. The topological polar surface area (TPSA) is 95.6 Å². The third-order valence-electron chi connectivity index (χ3n) is 11.7. The molecule has 0 fully saturated rings. The fourth-order valence-corrected chi connectivity index (χ4v) is 11.8. The molecule has 5 aromatic carbocycles. The highest BCUT2D eigenvalue weighted by atomic mass is 127. The van der Waals surface area contributed by atoms with Crippen LogP contribution in [0.4, 0.5) is 5.69 Å². The van der Waals surface area contributed by atoms with Crippen molar-refractivity contribution < 1.29 is 55.8 Å². The molecule has 1 N–H and O–H groups in total. The minimum absolute atomic E-state index is 0. The monoisotopic (exact) mass is 1410 g/mol. The largest absolute Gasteiger partial charge is 1.00 e. The Hall–Kier alpha value is -2.93. The Morgan fingerprint density at radius 2 is 1.22 bits per heavy atom. The van der Waals surface area contributed by atoms with Gasteiger partial charge in [-0.2, -0.15) is 13.7 Å². The molecule has 0 atom stereocenters. The Labute approximate surface area is 498 Å². The minimum Gasteiger partial charge on any atom is -1.00 e. The number of pyridine rings is 2. The number of nitrogens with zero attached hydrogens (tertiary/aromatic N) is 5. The van der Waals surface area contributed by atoms with Gasteiger partial charge < -0.3 is 43.4 Å². The maximum absolute atomic E-state index is 10.4. The lowest BCUT2D eigenvalue weighted by Gasteiger charge is -2.13. The summed E-state index contributed by atoms with van der Waals surface area (Å²) in [6, 6.07) is 44.7. The van der Waals surface area contributed by atoms with Gasteiger partial charge in [0.05, 0.1) is 21.0 Å². The molecule has 398 valence electrons. The first kappa shape index (κ1) is 65.4. The predicted octanol–water partition coefficient (Wildman–Crippen LogP) is 10.5. The minimum atomic E-state index is -4.27. The SMILES string of the molecule is CCN(CC)CC.CCO.CN1C(=Cc2cc[n+](CCCI)c3ccccc23)Sc2ccccc21.CSc1sc2ccccc2[n+]1C.Cc1cc[n+](CCCI)c2ccccc12.Cc1ccc(S(=O)(=O)[O-])cc1.[I-]. The van der Waals surface area contributed by atoms with Crippen molar-refractivity contribution in [3.63, 3.8) is 0 Å². The van der Waals surface area contributed by atoms with E-state index < -0.39 is 10.1 Å². The number of thiazole rings is 1. The molecule has 74 heavy (non-hydrogen) atoms. The number of rotatable bonds is 12. The van der Waals surface area contributed by atoms with Gasteiger partial charge in [-0.05, 0) is 118 Å². The average Bonchev–Trinajstić information content (AvgIpc) is 3.91. The molecule has 0 radical (unpaired) electrons. The lowest BCUT2D eigenvalue weighted by atomic mass is 10.1. The number of aryl methyl sites for hydroxylation is 5. The zero-order valence-electron chi connectivity index (χ0n) is 44.2. The number of thioether (sulfide) groups is 2. The van der Waals surface area contributed by atoms with E-state index in [1.54, 1.807) is 30.8 Å². The number of benzene rings is 5. The zero-order valence-corrected chi connectivity index (χ0v) is 53.9. The first-order chi connectivity index (χ1) is 35.2. The lowest BCUT2D eigenvalue weighted by Crippen LogP contribution is -3.00. The normalized spacial score (nSPS) is 12.0. The van der Waals surface area contributed by atoms with Gasteiger partial charge in [-0.1, -0.05) is 155 Å². The Morgan fingerprint density at radius 1 is 0.716 bits per heavy atom. The summed E-state index contributed by atoms with van der Waals surface area (Å²) in [5, 5.41) is 11.5. The Kier molecular flexibility index (Phi) is 30.7. The molecule has 0 unspecified atom stereocenters. The average molecular weight is 1410 g/mol. The summed E-state index contributed by atoms with van der Waals surface area (Å²) < 4.78 is 43.2. The maximum atomic E-state index is 10.4. The van der Waals surface area contributed by atoms with Gasteiger partial charge in [0.25, 0.3) is 4.34 Å². The van der Waals surface area contributed by atoms with Crippen molar-refractivity contribution in [3.05, 3.63) is 168 Å². The van der Waals surface area contributed by atoms with Crippen LogP contribution < -0.4 is 42.6 Å². The first-order valence-electron chi connectivity index (χ1n) is 24.6.